The SMILES string of the molecule is CCNC(=NCCC1=CCCC1)N1CCOC(C2CCCO2)C1. The van der Waals surface area contributed by atoms with E-state index in [4.69, 9.17) is 14.5 Å². The predicted molar refractivity (Wildman–Crippen MR) is 92.8 cm³/mol. The number of nitrogens with one attached hydrogen (secondary N) is 1. The van der Waals surface area contributed by atoms with E-state index in [9.17, 15) is 0 Å². The minimum absolute atomic E-state index is 0.188. The maximum atomic E-state index is 5.95. The Morgan fingerprint density at radius 3 is 2.96 bits per heavy atom. The first-order valence-corrected chi connectivity index (χ1v) is 9.31. The molecule has 0 spiro atoms. The van der Waals surface area contributed by atoms with E-state index in [-0.39, 0.29) is 12.2 Å². The summed E-state index contributed by atoms with van der Waals surface area (Å²) in [5, 5.41) is 3.45. The molecule has 5 nitrogen and oxygen atoms in total. The molecular formula is C18H31N3O2. The van der Waals surface area contributed by atoms with E-state index >= 15 is 0 Å². The standard InChI is InChI=1S/C18H31N3O2/c1-2-19-18(20-10-9-15-6-3-4-7-15)21-11-13-23-17(14-21)16-8-5-12-22-16/h6,16-17H,2-5,7-14H2,1H3,(H,19,20). The Morgan fingerprint density at radius 2 is 2.22 bits per heavy atom. The van der Waals surface area contributed by atoms with E-state index in [1.165, 1.54) is 19.3 Å². The van der Waals surface area contributed by atoms with Crippen LogP contribution >= 0.6 is 0 Å². The van der Waals surface area contributed by atoms with E-state index in [2.05, 4.69) is 23.2 Å². The van der Waals surface area contributed by atoms with Gasteiger partial charge in [0.25, 0.3) is 0 Å². The number of hydrogen-bond acceptors (Lipinski definition) is 3. The first-order chi connectivity index (χ1) is 11.4. The predicted octanol–water partition coefficient (Wildman–Crippen LogP) is 2.33. The quantitative estimate of drug-likeness (QED) is 0.480. The van der Waals surface area contributed by atoms with Gasteiger partial charge in [-0.1, -0.05) is 11.6 Å². The maximum absolute atomic E-state index is 5.95. The molecule has 3 aliphatic rings. The van der Waals surface area contributed by atoms with Crippen LogP contribution in [-0.2, 0) is 9.47 Å². The molecule has 0 amide bonds. The molecule has 3 rings (SSSR count). The third-order valence-corrected chi connectivity index (χ3v) is 4.94. The van der Waals surface area contributed by atoms with Gasteiger partial charge in [0.15, 0.2) is 5.96 Å². The van der Waals surface area contributed by atoms with E-state index < -0.39 is 0 Å². The van der Waals surface area contributed by atoms with Crippen LogP contribution in [0, 0.1) is 0 Å². The first-order valence-electron chi connectivity index (χ1n) is 9.31. The zero-order valence-electron chi connectivity index (χ0n) is 14.4. The zero-order chi connectivity index (χ0) is 15.9. The average molecular weight is 321 g/mol. The molecule has 1 aliphatic carbocycles. The van der Waals surface area contributed by atoms with Crippen LogP contribution in [0.4, 0.5) is 0 Å². The van der Waals surface area contributed by atoms with Gasteiger partial charge in [-0.15, -0.1) is 0 Å². The summed E-state index contributed by atoms with van der Waals surface area (Å²) in [5.41, 5.74) is 1.59. The highest BCUT2D eigenvalue weighted by Crippen LogP contribution is 2.22. The smallest absolute Gasteiger partial charge is 0.194 e. The van der Waals surface area contributed by atoms with Gasteiger partial charge >= 0.3 is 0 Å². The van der Waals surface area contributed by atoms with Crippen molar-refractivity contribution in [2.24, 2.45) is 4.99 Å². The van der Waals surface area contributed by atoms with Crippen molar-refractivity contribution >= 4 is 5.96 Å². The van der Waals surface area contributed by atoms with Crippen LogP contribution in [-0.4, -0.2) is 62.5 Å². The molecule has 2 saturated heterocycles. The Morgan fingerprint density at radius 1 is 1.30 bits per heavy atom. The summed E-state index contributed by atoms with van der Waals surface area (Å²) in [6, 6.07) is 0. The van der Waals surface area contributed by atoms with Gasteiger partial charge in [0.2, 0.25) is 0 Å². The van der Waals surface area contributed by atoms with Crippen molar-refractivity contribution in [1.82, 2.24) is 10.2 Å². The lowest BCUT2D eigenvalue weighted by atomic mass is 10.1. The lowest BCUT2D eigenvalue weighted by Gasteiger charge is -2.37. The molecule has 130 valence electrons. The number of rotatable bonds is 5. The molecule has 2 atom stereocenters. The summed E-state index contributed by atoms with van der Waals surface area (Å²) >= 11 is 0. The van der Waals surface area contributed by atoms with E-state index in [0.717, 1.165) is 64.6 Å². The Kier molecular flexibility index (Phi) is 6.34. The number of aliphatic imine (C=N–C) groups is 1. The summed E-state index contributed by atoms with van der Waals surface area (Å²) in [5.74, 6) is 1.04. The largest absolute Gasteiger partial charge is 0.375 e. The molecule has 5 heteroatoms. The van der Waals surface area contributed by atoms with Gasteiger partial charge in [-0.25, -0.2) is 0 Å². The second-order valence-electron chi connectivity index (χ2n) is 6.65. The molecule has 0 bridgehead atoms. The van der Waals surface area contributed by atoms with Gasteiger partial charge in [-0.2, -0.15) is 0 Å². The van der Waals surface area contributed by atoms with Crippen molar-refractivity contribution in [1.29, 1.82) is 0 Å². The molecular weight excluding hydrogens is 290 g/mol. The van der Waals surface area contributed by atoms with Crippen molar-refractivity contribution in [3.8, 4) is 0 Å². The lowest BCUT2D eigenvalue weighted by Crippen LogP contribution is -2.53. The second-order valence-corrected chi connectivity index (χ2v) is 6.65. The molecule has 0 aromatic carbocycles. The van der Waals surface area contributed by atoms with E-state index in [1.807, 2.05) is 0 Å². The minimum atomic E-state index is 0.188. The molecule has 2 unspecified atom stereocenters. The monoisotopic (exact) mass is 321 g/mol. The van der Waals surface area contributed by atoms with Gasteiger partial charge in [0, 0.05) is 32.8 Å². The normalized spacial score (nSPS) is 29.0. The Balaban J connectivity index is 1.55. The van der Waals surface area contributed by atoms with Gasteiger partial charge in [-0.05, 0) is 45.4 Å². The fourth-order valence-corrected chi connectivity index (χ4v) is 3.68. The highest BCUT2D eigenvalue weighted by Gasteiger charge is 2.32. The number of ether oxygens (including phenoxy) is 2. The minimum Gasteiger partial charge on any atom is -0.375 e. The molecule has 0 saturated carbocycles. The highest BCUT2D eigenvalue weighted by atomic mass is 16.5. The molecule has 2 aliphatic heterocycles. The molecule has 2 heterocycles. The van der Waals surface area contributed by atoms with Crippen LogP contribution in [0.3, 0.4) is 0 Å². The summed E-state index contributed by atoms with van der Waals surface area (Å²) in [6.45, 7) is 7.37. The molecule has 0 aromatic rings. The van der Waals surface area contributed by atoms with Crippen LogP contribution in [0.15, 0.2) is 16.6 Å². The number of morpholine rings is 1. The average Bonchev–Trinajstić information content (AvgIpc) is 3.28. The number of nitrogens with zero attached hydrogens (tertiary/aromatic N) is 2. The van der Waals surface area contributed by atoms with Crippen molar-refractivity contribution in [3.05, 3.63) is 11.6 Å². The summed E-state index contributed by atoms with van der Waals surface area (Å²) < 4.78 is 11.8. The Labute approximate surface area is 140 Å². The van der Waals surface area contributed by atoms with Crippen LogP contribution in [0.2, 0.25) is 0 Å². The number of hydrogen-bond donors (Lipinski definition) is 1. The highest BCUT2D eigenvalue weighted by molar-refractivity contribution is 5.80. The van der Waals surface area contributed by atoms with Crippen molar-refractivity contribution < 1.29 is 9.47 Å². The van der Waals surface area contributed by atoms with Crippen molar-refractivity contribution in [2.45, 2.75) is 57.7 Å². The second kappa shape index (κ2) is 8.69. The summed E-state index contributed by atoms with van der Waals surface area (Å²) in [4.78, 5) is 7.21. The molecule has 2 fully saturated rings. The van der Waals surface area contributed by atoms with Gasteiger partial charge in [0.05, 0.1) is 12.7 Å². The van der Waals surface area contributed by atoms with Gasteiger partial charge in [-0.3, -0.25) is 4.99 Å². The van der Waals surface area contributed by atoms with E-state index in [1.54, 1.807) is 5.57 Å². The van der Waals surface area contributed by atoms with Crippen LogP contribution in [0.1, 0.15) is 45.4 Å². The van der Waals surface area contributed by atoms with Gasteiger partial charge in [0.1, 0.15) is 6.10 Å². The molecule has 1 N–H and O–H groups in total. The maximum Gasteiger partial charge on any atom is 0.194 e. The molecule has 23 heavy (non-hydrogen) atoms. The van der Waals surface area contributed by atoms with Crippen LogP contribution in [0.5, 0.6) is 0 Å². The van der Waals surface area contributed by atoms with Gasteiger partial charge < -0.3 is 19.7 Å². The van der Waals surface area contributed by atoms with E-state index in [0.29, 0.717) is 0 Å². The fourth-order valence-electron chi connectivity index (χ4n) is 3.68. The zero-order valence-corrected chi connectivity index (χ0v) is 14.4. The van der Waals surface area contributed by atoms with Crippen molar-refractivity contribution in [2.75, 3.05) is 39.4 Å². The number of guanidine groups is 1. The number of allylic oxidation sites excluding steroid dienone is 1. The third-order valence-electron chi connectivity index (χ3n) is 4.94. The Bertz CT molecular complexity index is 430. The van der Waals surface area contributed by atoms with Crippen LogP contribution in [0.25, 0.3) is 0 Å². The lowest BCUT2D eigenvalue weighted by molar-refractivity contribution is -0.0817. The molecule has 0 aromatic heterocycles. The van der Waals surface area contributed by atoms with Crippen LogP contribution < -0.4 is 5.32 Å². The Hall–Kier alpha value is -1.07. The fraction of sp³-hybridized carbons (Fsp3) is 0.833. The third kappa shape index (κ3) is 4.70. The molecule has 0 radical (unpaired) electrons. The topological polar surface area (TPSA) is 46.1 Å². The first kappa shape index (κ1) is 16.8. The van der Waals surface area contributed by atoms with Crippen molar-refractivity contribution in [3.63, 3.8) is 0 Å². The summed E-state index contributed by atoms with van der Waals surface area (Å²) in [6.07, 6.45) is 10.1. The summed E-state index contributed by atoms with van der Waals surface area (Å²) in [7, 11) is 0.